The van der Waals surface area contributed by atoms with Gasteiger partial charge in [-0.3, -0.25) is 9.79 Å². The highest BCUT2D eigenvalue weighted by molar-refractivity contribution is 6.03. The van der Waals surface area contributed by atoms with Gasteiger partial charge in [0.25, 0.3) is 5.91 Å². The molecule has 0 radical (unpaired) electrons. The van der Waals surface area contributed by atoms with Crippen LogP contribution in [0.3, 0.4) is 0 Å². The number of carbonyl (C=O) groups is 2. The highest BCUT2D eigenvalue weighted by Gasteiger charge is 2.32. The monoisotopic (exact) mass is 605 g/mol. The molecule has 3 aromatic carbocycles. The molecule has 4 heterocycles. The summed E-state index contributed by atoms with van der Waals surface area (Å²) in [6.07, 6.45) is 7.45. The summed E-state index contributed by atoms with van der Waals surface area (Å²) in [6.45, 7) is 1.86. The molecule has 0 bridgehead atoms. The minimum atomic E-state index is -0.383. The number of hydrogen-bond acceptors (Lipinski definition) is 7. The molecule has 0 unspecified atom stereocenters. The lowest BCUT2D eigenvalue weighted by molar-refractivity contribution is 0.0600. The second kappa shape index (κ2) is 11.8. The van der Waals surface area contributed by atoms with Crippen LogP contribution < -0.4 is 9.47 Å². The summed E-state index contributed by atoms with van der Waals surface area (Å²) in [4.78, 5) is 37.1. The molecule has 0 N–H and O–H groups in total. The third kappa shape index (κ3) is 5.09. The Morgan fingerprint density at radius 2 is 1.87 bits per heavy atom. The average Bonchev–Trinajstić information content (AvgIpc) is 3.76. The number of fused-ring (bicyclic) bond motifs is 4. The largest absolute Gasteiger partial charge is 0.493 e. The van der Waals surface area contributed by atoms with Crippen LogP contribution in [0.4, 0.5) is 5.69 Å². The molecule has 5 aromatic rings. The number of imidazole rings is 1. The van der Waals surface area contributed by atoms with Gasteiger partial charge in [0.1, 0.15) is 5.82 Å². The fourth-order valence-electron chi connectivity index (χ4n) is 6.49. The number of methoxy groups -OCH3 is 2. The second-order valence-corrected chi connectivity index (χ2v) is 11.5. The van der Waals surface area contributed by atoms with Crippen molar-refractivity contribution in [1.29, 1.82) is 0 Å². The summed E-state index contributed by atoms with van der Waals surface area (Å²) >= 11 is 0. The van der Waals surface area contributed by atoms with Crippen LogP contribution in [0, 0.1) is 0 Å². The van der Waals surface area contributed by atoms with E-state index in [1.807, 2.05) is 42.4 Å². The lowest BCUT2D eigenvalue weighted by Crippen LogP contribution is -2.35. The summed E-state index contributed by atoms with van der Waals surface area (Å²) in [6, 6.07) is 17.3. The zero-order valence-corrected chi connectivity index (χ0v) is 25.7. The van der Waals surface area contributed by atoms with E-state index in [1.54, 1.807) is 25.3 Å². The molecular weight excluding hydrogens is 570 g/mol. The van der Waals surface area contributed by atoms with Gasteiger partial charge in [0.2, 0.25) is 0 Å². The molecule has 0 aliphatic carbocycles. The van der Waals surface area contributed by atoms with E-state index in [0.717, 1.165) is 65.6 Å². The van der Waals surface area contributed by atoms with Gasteiger partial charge in [-0.25, -0.2) is 9.78 Å². The molecule has 7 rings (SSSR count). The third-order valence-electron chi connectivity index (χ3n) is 8.80. The van der Waals surface area contributed by atoms with Crippen LogP contribution >= 0.6 is 0 Å². The first-order chi connectivity index (χ1) is 22.0. The number of nitrogens with zero attached hydrogens (tertiary/aromatic N) is 5. The topological polar surface area (TPSA) is 100 Å². The highest BCUT2D eigenvalue weighted by Crippen LogP contribution is 2.38. The van der Waals surface area contributed by atoms with Crippen molar-refractivity contribution in [2.24, 2.45) is 12.0 Å². The van der Waals surface area contributed by atoms with E-state index in [-0.39, 0.29) is 17.9 Å². The van der Waals surface area contributed by atoms with Crippen molar-refractivity contribution < 1.29 is 23.8 Å². The van der Waals surface area contributed by atoms with Gasteiger partial charge in [-0.1, -0.05) is 18.2 Å². The van der Waals surface area contributed by atoms with Crippen LogP contribution in [0.25, 0.3) is 33.3 Å². The number of benzene rings is 3. The lowest BCUT2D eigenvalue weighted by atomic mass is 10.1. The van der Waals surface area contributed by atoms with Crippen molar-refractivity contribution in [3.05, 3.63) is 71.9 Å². The zero-order valence-electron chi connectivity index (χ0n) is 25.7. The first kappa shape index (κ1) is 28.6. The van der Waals surface area contributed by atoms with Crippen molar-refractivity contribution in [3.8, 4) is 22.9 Å². The van der Waals surface area contributed by atoms with Gasteiger partial charge in [0.05, 0.1) is 54.7 Å². The number of para-hydroxylation sites is 1. The number of ether oxygens (including phenoxy) is 3. The SMILES string of the molecule is COC(=O)c1ccc2nc(-c3cn(C)c4ccccc34)n(CCCCOc3cc4c(cc3OC)C(=O)N3CCC[C@H]3C=N4)c2c1. The summed E-state index contributed by atoms with van der Waals surface area (Å²) in [5.74, 6) is 1.53. The van der Waals surface area contributed by atoms with Crippen molar-refractivity contribution in [2.75, 3.05) is 27.4 Å². The molecule has 1 amide bonds. The van der Waals surface area contributed by atoms with Crippen LogP contribution in [0.1, 0.15) is 46.4 Å². The smallest absolute Gasteiger partial charge is 0.337 e. The van der Waals surface area contributed by atoms with Gasteiger partial charge in [0, 0.05) is 55.1 Å². The first-order valence-corrected chi connectivity index (χ1v) is 15.3. The number of hydrogen-bond donors (Lipinski definition) is 0. The molecule has 2 aliphatic heterocycles. The molecule has 45 heavy (non-hydrogen) atoms. The third-order valence-corrected chi connectivity index (χ3v) is 8.80. The number of rotatable bonds is 9. The fraction of sp³-hybridized carbons (Fsp3) is 0.314. The lowest BCUT2D eigenvalue weighted by Gasteiger charge is -2.20. The molecule has 10 heteroatoms. The molecule has 1 atom stereocenters. The average molecular weight is 606 g/mol. The molecule has 1 fully saturated rings. The van der Waals surface area contributed by atoms with Crippen LogP contribution in [0.15, 0.2) is 65.8 Å². The predicted octanol–water partition coefficient (Wildman–Crippen LogP) is 6.17. The van der Waals surface area contributed by atoms with Gasteiger partial charge in [0.15, 0.2) is 11.5 Å². The molecule has 0 saturated carbocycles. The summed E-state index contributed by atoms with van der Waals surface area (Å²) in [5, 5.41) is 1.12. The minimum Gasteiger partial charge on any atom is -0.493 e. The highest BCUT2D eigenvalue weighted by atomic mass is 16.5. The van der Waals surface area contributed by atoms with E-state index >= 15 is 0 Å². The number of carbonyl (C=O) groups excluding carboxylic acids is 2. The Kier molecular flexibility index (Phi) is 7.48. The van der Waals surface area contributed by atoms with Gasteiger partial charge >= 0.3 is 5.97 Å². The maximum atomic E-state index is 13.2. The number of aromatic nitrogens is 3. The van der Waals surface area contributed by atoms with Crippen molar-refractivity contribution >= 4 is 45.7 Å². The number of aliphatic imine (C=N–C) groups is 1. The Morgan fingerprint density at radius 3 is 2.71 bits per heavy atom. The zero-order chi connectivity index (χ0) is 31.1. The second-order valence-electron chi connectivity index (χ2n) is 11.5. The van der Waals surface area contributed by atoms with Gasteiger partial charge < -0.3 is 28.2 Å². The van der Waals surface area contributed by atoms with E-state index in [4.69, 9.17) is 19.2 Å². The Hall–Kier alpha value is -5.12. The maximum Gasteiger partial charge on any atom is 0.337 e. The van der Waals surface area contributed by atoms with E-state index in [1.165, 1.54) is 7.11 Å². The van der Waals surface area contributed by atoms with E-state index < -0.39 is 0 Å². The number of amides is 1. The van der Waals surface area contributed by atoms with E-state index in [2.05, 4.69) is 32.5 Å². The van der Waals surface area contributed by atoms with E-state index in [9.17, 15) is 9.59 Å². The van der Waals surface area contributed by atoms with Crippen LogP contribution in [-0.2, 0) is 18.3 Å². The molecular formula is C35H35N5O5. The van der Waals surface area contributed by atoms with Crippen molar-refractivity contribution in [3.63, 3.8) is 0 Å². The Morgan fingerprint density at radius 1 is 1.00 bits per heavy atom. The Bertz CT molecular complexity index is 1970. The number of unbranched alkanes of at least 4 members (excludes halogenated alkanes) is 1. The summed E-state index contributed by atoms with van der Waals surface area (Å²) < 4.78 is 21.1. The van der Waals surface area contributed by atoms with Crippen molar-refractivity contribution in [2.45, 2.75) is 38.3 Å². The number of aryl methyl sites for hydroxylation is 2. The number of esters is 1. The van der Waals surface area contributed by atoms with Gasteiger partial charge in [-0.2, -0.15) is 0 Å². The fourth-order valence-corrected chi connectivity index (χ4v) is 6.49. The van der Waals surface area contributed by atoms with Gasteiger partial charge in [-0.05, 0) is 56.0 Å². The molecule has 1 saturated heterocycles. The Labute approximate surface area is 260 Å². The molecule has 0 spiro atoms. The molecule has 10 nitrogen and oxygen atoms in total. The van der Waals surface area contributed by atoms with Crippen molar-refractivity contribution in [1.82, 2.24) is 19.0 Å². The molecule has 230 valence electrons. The maximum absolute atomic E-state index is 13.2. The normalized spacial score (nSPS) is 15.8. The molecule has 2 aliphatic rings. The standard InChI is InChI=1S/C35H35N5O5/c1-38-21-26(24-10-4-5-11-29(24)38)33-37-27-13-12-22(35(42)44-3)17-30(27)40(33)14-6-7-16-45-32-19-28-25(18-31(32)43-2)34(41)39-15-8-9-23(39)20-36-28/h4-5,10-13,17-21,23H,6-9,14-16H2,1-3H3/t23-/m0/s1. The van der Waals surface area contributed by atoms with E-state index in [0.29, 0.717) is 41.5 Å². The first-order valence-electron chi connectivity index (χ1n) is 15.3. The minimum absolute atomic E-state index is 0.0141. The van der Waals surface area contributed by atoms with Gasteiger partial charge in [-0.15, -0.1) is 0 Å². The summed E-state index contributed by atoms with van der Waals surface area (Å²) in [5.41, 5.74) is 5.47. The van der Waals surface area contributed by atoms with Crippen LogP contribution in [-0.4, -0.2) is 70.5 Å². The van der Waals surface area contributed by atoms with Crippen LogP contribution in [0.5, 0.6) is 11.5 Å². The predicted molar refractivity (Wildman–Crippen MR) is 173 cm³/mol. The Balaban J connectivity index is 1.13. The summed E-state index contributed by atoms with van der Waals surface area (Å²) in [7, 11) is 5.00. The molecule has 2 aromatic heterocycles. The van der Waals surface area contributed by atoms with Crippen LogP contribution in [0.2, 0.25) is 0 Å². The quantitative estimate of drug-likeness (QED) is 0.147.